The van der Waals surface area contributed by atoms with Gasteiger partial charge in [-0.15, -0.1) is 0 Å². The Bertz CT molecular complexity index is 801. The minimum atomic E-state index is -1.05. The monoisotopic (exact) mass is 346 g/mol. The molecule has 0 aromatic carbocycles. The summed E-state index contributed by atoms with van der Waals surface area (Å²) in [5, 5.41) is 9.03. The van der Waals surface area contributed by atoms with Crippen LogP contribution in [0.3, 0.4) is 0 Å². The van der Waals surface area contributed by atoms with Gasteiger partial charge >= 0.3 is 12.1 Å². The van der Waals surface area contributed by atoms with Crippen molar-refractivity contribution in [3.8, 4) is 0 Å². The second-order valence-corrected chi connectivity index (χ2v) is 7.04. The summed E-state index contributed by atoms with van der Waals surface area (Å²) < 4.78 is 7.11. The van der Waals surface area contributed by atoms with Crippen molar-refractivity contribution in [3.63, 3.8) is 0 Å². The van der Waals surface area contributed by atoms with E-state index < -0.39 is 11.6 Å². The lowest BCUT2D eigenvalue weighted by Crippen LogP contribution is -2.50. The molecule has 8 nitrogen and oxygen atoms in total. The highest BCUT2D eigenvalue weighted by molar-refractivity contribution is 5.86. The van der Waals surface area contributed by atoms with E-state index >= 15 is 0 Å². The standard InChI is InChI=1S/C17H22N4O4/c1-17(2,3)25-16(24)20-8-6-19(7-9-20)12-4-5-14-18-13(15(22)23)11-21(14)10-12/h4-5,10-11H,6-9H2,1-3H3,(H,22,23). The Kier molecular flexibility index (Phi) is 4.28. The fourth-order valence-electron chi connectivity index (χ4n) is 2.74. The molecule has 25 heavy (non-hydrogen) atoms. The first kappa shape index (κ1) is 17.1. The van der Waals surface area contributed by atoms with E-state index in [1.165, 1.54) is 6.20 Å². The lowest BCUT2D eigenvalue weighted by atomic mass is 10.2. The third-order valence-corrected chi connectivity index (χ3v) is 3.95. The van der Waals surface area contributed by atoms with Crippen LogP contribution in [0.5, 0.6) is 0 Å². The van der Waals surface area contributed by atoms with Crippen molar-refractivity contribution in [2.45, 2.75) is 26.4 Å². The molecule has 1 aliphatic heterocycles. The number of aromatic carboxylic acids is 1. The van der Waals surface area contributed by atoms with Gasteiger partial charge in [-0.1, -0.05) is 0 Å². The molecular weight excluding hydrogens is 324 g/mol. The van der Waals surface area contributed by atoms with E-state index in [1.807, 2.05) is 33.0 Å². The first-order chi connectivity index (χ1) is 11.7. The predicted molar refractivity (Wildman–Crippen MR) is 92.2 cm³/mol. The van der Waals surface area contributed by atoms with Crippen LogP contribution in [-0.4, -0.2) is 63.2 Å². The van der Waals surface area contributed by atoms with Crippen LogP contribution in [-0.2, 0) is 4.74 Å². The maximum Gasteiger partial charge on any atom is 0.410 e. The number of pyridine rings is 1. The molecule has 3 rings (SSSR count). The number of imidazole rings is 1. The molecule has 0 unspecified atom stereocenters. The summed E-state index contributed by atoms with van der Waals surface area (Å²) in [6.45, 7) is 8.09. The Morgan fingerprint density at radius 1 is 1.12 bits per heavy atom. The predicted octanol–water partition coefficient (Wildman–Crippen LogP) is 2.09. The smallest absolute Gasteiger partial charge is 0.410 e. The van der Waals surface area contributed by atoms with E-state index in [0.717, 1.165) is 5.69 Å². The summed E-state index contributed by atoms with van der Waals surface area (Å²) in [5.41, 5.74) is 1.08. The van der Waals surface area contributed by atoms with Crippen molar-refractivity contribution in [1.82, 2.24) is 14.3 Å². The van der Waals surface area contributed by atoms with Crippen LogP contribution in [0.15, 0.2) is 24.5 Å². The van der Waals surface area contributed by atoms with Crippen LogP contribution in [0.25, 0.3) is 5.65 Å². The van der Waals surface area contributed by atoms with Gasteiger partial charge in [0.25, 0.3) is 0 Å². The highest BCUT2D eigenvalue weighted by atomic mass is 16.6. The van der Waals surface area contributed by atoms with Gasteiger partial charge in [0.05, 0.1) is 5.69 Å². The van der Waals surface area contributed by atoms with Gasteiger partial charge < -0.3 is 24.0 Å². The number of carboxylic acids is 1. The molecule has 1 saturated heterocycles. The molecule has 1 fully saturated rings. The average Bonchev–Trinajstić information content (AvgIpc) is 2.97. The molecule has 0 saturated carbocycles. The summed E-state index contributed by atoms with van der Waals surface area (Å²) >= 11 is 0. The number of hydrogen-bond acceptors (Lipinski definition) is 5. The molecule has 134 valence electrons. The van der Waals surface area contributed by atoms with Crippen molar-refractivity contribution < 1.29 is 19.4 Å². The molecule has 2 aromatic rings. The number of carbonyl (C=O) groups is 2. The van der Waals surface area contributed by atoms with Crippen LogP contribution < -0.4 is 4.90 Å². The van der Waals surface area contributed by atoms with Crippen LogP contribution >= 0.6 is 0 Å². The maximum absolute atomic E-state index is 12.1. The molecule has 0 aliphatic carbocycles. The van der Waals surface area contributed by atoms with Crippen molar-refractivity contribution in [1.29, 1.82) is 0 Å². The molecule has 8 heteroatoms. The molecule has 0 atom stereocenters. The fraction of sp³-hybridized carbons (Fsp3) is 0.471. The Labute approximate surface area is 145 Å². The molecular formula is C17H22N4O4. The van der Waals surface area contributed by atoms with E-state index in [0.29, 0.717) is 31.8 Å². The van der Waals surface area contributed by atoms with Crippen molar-refractivity contribution in [3.05, 3.63) is 30.2 Å². The molecule has 2 aromatic heterocycles. The van der Waals surface area contributed by atoms with E-state index in [4.69, 9.17) is 9.84 Å². The summed E-state index contributed by atoms with van der Waals surface area (Å²) in [5.74, 6) is -1.05. The lowest BCUT2D eigenvalue weighted by Gasteiger charge is -2.36. The molecule has 1 amide bonds. The van der Waals surface area contributed by atoms with Crippen LogP contribution in [0.1, 0.15) is 31.3 Å². The molecule has 0 spiro atoms. The summed E-state index contributed by atoms with van der Waals surface area (Å²) in [6.07, 6.45) is 3.07. The van der Waals surface area contributed by atoms with Gasteiger partial charge in [-0.05, 0) is 32.9 Å². The quantitative estimate of drug-likeness (QED) is 0.896. The highest BCUT2D eigenvalue weighted by Crippen LogP contribution is 2.19. The van der Waals surface area contributed by atoms with Gasteiger partial charge in [0.1, 0.15) is 11.2 Å². The summed E-state index contributed by atoms with van der Waals surface area (Å²) in [4.78, 5) is 31.0. The van der Waals surface area contributed by atoms with Crippen molar-refractivity contribution in [2.75, 3.05) is 31.1 Å². The number of amides is 1. The molecule has 0 radical (unpaired) electrons. The first-order valence-corrected chi connectivity index (χ1v) is 8.18. The number of piperazine rings is 1. The zero-order valence-electron chi connectivity index (χ0n) is 14.6. The number of aromatic nitrogens is 2. The second-order valence-electron chi connectivity index (χ2n) is 7.04. The SMILES string of the molecule is CC(C)(C)OC(=O)N1CCN(c2ccc3nc(C(=O)O)cn3c2)CC1. The second kappa shape index (κ2) is 6.27. The van der Waals surface area contributed by atoms with Gasteiger partial charge in [0.15, 0.2) is 5.69 Å². The van der Waals surface area contributed by atoms with E-state index in [1.54, 1.807) is 15.4 Å². The van der Waals surface area contributed by atoms with Crippen LogP contribution in [0.4, 0.5) is 10.5 Å². The zero-order chi connectivity index (χ0) is 18.2. The number of rotatable bonds is 2. The average molecular weight is 346 g/mol. The largest absolute Gasteiger partial charge is 0.476 e. The number of ether oxygens (including phenoxy) is 1. The van der Waals surface area contributed by atoms with E-state index in [2.05, 4.69) is 9.88 Å². The van der Waals surface area contributed by atoms with Gasteiger partial charge in [-0.25, -0.2) is 14.6 Å². The van der Waals surface area contributed by atoms with Gasteiger partial charge in [0, 0.05) is 38.6 Å². The molecule has 3 heterocycles. The van der Waals surface area contributed by atoms with Gasteiger partial charge in [0.2, 0.25) is 0 Å². The number of carbonyl (C=O) groups excluding carboxylic acids is 1. The van der Waals surface area contributed by atoms with Crippen LogP contribution in [0, 0.1) is 0 Å². The maximum atomic E-state index is 12.1. The molecule has 1 N–H and O–H groups in total. The third-order valence-electron chi connectivity index (χ3n) is 3.95. The van der Waals surface area contributed by atoms with E-state index in [9.17, 15) is 9.59 Å². The molecule has 0 bridgehead atoms. The minimum Gasteiger partial charge on any atom is -0.476 e. The topological polar surface area (TPSA) is 87.4 Å². The lowest BCUT2D eigenvalue weighted by molar-refractivity contribution is 0.0240. The number of hydrogen-bond donors (Lipinski definition) is 1. The fourth-order valence-corrected chi connectivity index (χ4v) is 2.74. The summed E-state index contributed by atoms with van der Waals surface area (Å²) in [7, 11) is 0. The number of nitrogens with zero attached hydrogens (tertiary/aromatic N) is 4. The van der Waals surface area contributed by atoms with Crippen LogP contribution in [0.2, 0.25) is 0 Å². The highest BCUT2D eigenvalue weighted by Gasteiger charge is 2.26. The van der Waals surface area contributed by atoms with Crippen molar-refractivity contribution >= 4 is 23.4 Å². The number of carboxylic acid groups (broad SMARTS) is 1. The Balaban J connectivity index is 1.67. The minimum absolute atomic E-state index is 0.0203. The first-order valence-electron chi connectivity index (χ1n) is 8.18. The Morgan fingerprint density at radius 3 is 2.40 bits per heavy atom. The normalized spacial score (nSPS) is 15.5. The van der Waals surface area contributed by atoms with Gasteiger partial charge in [-0.3, -0.25) is 0 Å². The number of anilines is 1. The Hall–Kier alpha value is -2.77. The van der Waals surface area contributed by atoms with Crippen molar-refractivity contribution in [2.24, 2.45) is 0 Å². The zero-order valence-corrected chi connectivity index (χ0v) is 14.6. The Morgan fingerprint density at radius 2 is 1.80 bits per heavy atom. The van der Waals surface area contributed by atoms with E-state index in [-0.39, 0.29) is 11.8 Å². The number of fused-ring (bicyclic) bond motifs is 1. The molecule has 1 aliphatic rings. The third kappa shape index (κ3) is 3.84. The summed E-state index contributed by atoms with van der Waals surface area (Å²) in [6, 6.07) is 3.71. The van der Waals surface area contributed by atoms with Gasteiger partial charge in [-0.2, -0.15) is 0 Å².